The first-order valence-corrected chi connectivity index (χ1v) is 4.69. The van der Waals surface area contributed by atoms with Gasteiger partial charge in [0.25, 0.3) is 0 Å². The fraction of sp³-hybridized carbons (Fsp3) is 0.500. The van der Waals surface area contributed by atoms with E-state index in [0.29, 0.717) is 6.42 Å². The lowest BCUT2D eigenvalue weighted by atomic mass is 10.2. The van der Waals surface area contributed by atoms with Crippen molar-refractivity contribution in [1.82, 2.24) is 9.97 Å². The summed E-state index contributed by atoms with van der Waals surface area (Å²) in [5.74, 6) is -0.682. The molecule has 0 aromatic carbocycles. The molecule has 0 bridgehead atoms. The monoisotopic (exact) mass is 196 g/mol. The maximum absolute atomic E-state index is 9.87. The Balaban J connectivity index is 0.000000249. The summed E-state index contributed by atoms with van der Waals surface area (Å²) in [4.78, 5) is 17.2. The van der Waals surface area contributed by atoms with Gasteiger partial charge in [0, 0.05) is 18.8 Å². The molecular formula is C10H16N2O2. The molecule has 14 heavy (non-hydrogen) atoms. The molecule has 1 rings (SSSR count). The Kier molecular flexibility index (Phi) is 8.64. The average molecular weight is 196 g/mol. The molecule has 0 spiro atoms. The molecule has 1 heterocycles. The average Bonchev–Trinajstić information content (AvgIpc) is 2.21. The molecule has 0 amide bonds. The topological polar surface area (TPSA) is 63.1 Å². The molecule has 4 heteroatoms. The number of unbranched alkanes of at least 4 members (excludes halogenated alkanes) is 2. The van der Waals surface area contributed by atoms with Crippen LogP contribution >= 0.6 is 0 Å². The second-order valence-electron chi connectivity index (χ2n) is 2.76. The van der Waals surface area contributed by atoms with Crippen LogP contribution < -0.4 is 0 Å². The van der Waals surface area contributed by atoms with Gasteiger partial charge in [-0.25, -0.2) is 9.97 Å². The Morgan fingerprint density at radius 2 is 1.93 bits per heavy atom. The normalized spacial score (nSPS) is 8.64. The number of nitrogens with zero attached hydrogens (tertiary/aromatic N) is 2. The molecule has 0 aliphatic carbocycles. The highest BCUT2D eigenvalue weighted by atomic mass is 16.4. The van der Waals surface area contributed by atoms with Gasteiger partial charge in [0.2, 0.25) is 0 Å². The summed E-state index contributed by atoms with van der Waals surface area (Å²) in [5, 5.41) is 8.14. The first-order chi connectivity index (χ1) is 6.77. The van der Waals surface area contributed by atoms with Crippen LogP contribution in [0.5, 0.6) is 0 Å². The Morgan fingerprint density at radius 1 is 1.29 bits per heavy atom. The molecule has 0 aliphatic rings. The second kappa shape index (κ2) is 9.64. The number of carbonyl (C=O) groups is 1. The van der Waals surface area contributed by atoms with E-state index < -0.39 is 5.97 Å². The second-order valence-corrected chi connectivity index (χ2v) is 2.76. The molecule has 1 N–H and O–H groups in total. The number of aromatic nitrogens is 2. The zero-order chi connectivity index (χ0) is 10.6. The minimum absolute atomic E-state index is 0.327. The van der Waals surface area contributed by atoms with Crippen molar-refractivity contribution in [3.05, 3.63) is 24.8 Å². The van der Waals surface area contributed by atoms with Gasteiger partial charge < -0.3 is 5.11 Å². The zero-order valence-corrected chi connectivity index (χ0v) is 8.39. The number of carboxylic acid groups (broad SMARTS) is 1. The maximum atomic E-state index is 9.87. The van der Waals surface area contributed by atoms with Crippen molar-refractivity contribution in [3.63, 3.8) is 0 Å². The summed E-state index contributed by atoms with van der Waals surface area (Å²) < 4.78 is 0. The van der Waals surface area contributed by atoms with Gasteiger partial charge in [0.15, 0.2) is 0 Å². The van der Waals surface area contributed by atoms with Crippen molar-refractivity contribution in [3.8, 4) is 0 Å². The highest BCUT2D eigenvalue weighted by Gasteiger charge is 1.92. The van der Waals surface area contributed by atoms with Gasteiger partial charge >= 0.3 is 5.97 Å². The number of hydrogen-bond donors (Lipinski definition) is 1. The van der Waals surface area contributed by atoms with Crippen LogP contribution in [0.25, 0.3) is 0 Å². The number of carboxylic acids is 1. The summed E-state index contributed by atoms with van der Waals surface area (Å²) >= 11 is 0. The van der Waals surface area contributed by atoms with Gasteiger partial charge in [-0.3, -0.25) is 4.79 Å². The van der Waals surface area contributed by atoms with Gasteiger partial charge in [-0.15, -0.1) is 0 Å². The van der Waals surface area contributed by atoms with Crippen LogP contribution in [0.1, 0.15) is 32.6 Å². The molecule has 4 nitrogen and oxygen atoms in total. The first kappa shape index (κ1) is 12.6. The number of hydrogen-bond acceptors (Lipinski definition) is 3. The highest BCUT2D eigenvalue weighted by Crippen LogP contribution is 1.97. The predicted molar refractivity (Wildman–Crippen MR) is 53.8 cm³/mol. The summed E-state index contributed by atoms with van der Waals surface area (Å²) in [7, 11) is 0. The van der Waals surface area contributed by atoms with E-state index in [1.165, 1.54) is 6.33 Å². The highest BCUT2D eigenvalue weighted by molar-refractivity contribution is 5.66. The predicted octanol–water partition coefficient (Wildman–Crippen LogP) is 2.13. The Morgan fingerprint density at radius 3 is 2.21 bits per heavy atom. The number of aliphatic carboxylic acids is 1. The van der Waals surface area contributed by atoms with Crippen LogP contribution in [0.15, 0.2) is 24.8 Å². The minimum Gasteiger partial charge on any atom is -0.481 e. The summed E-state index contributed by atoms with van der Waals surface area (Å²) in [6.07, 6.45) is 8.15. The van der Waals surface area contributed by atoms with Crippen LogP contribution in [0.3, 0.4) is 0 Å². The van der Waals surface area contributed by atoms with E-state index in [1.807, 2.05) is 0 Å². The van der Waals surface area contributed by atoms with Crippen molar-refractivity contribution < 1.29 is 9.90 Å². The van der Waals surface area contributed by atoms with Gasteiger partial charge in [-0.2, -0.15) is 0 Å². The van der Waals surface area contributed by atoms with E-state index in [-0.39, 0.29) is 0 Å². The molecule has 1 aromatic heterocycles. The molecular weight excluding hydrogens is 180 g/mol. The maximum Gasteiger partial charge on any atom is 0.303 e. The number of rotatable bonds is 4. The molecule has 0 saturated heterocycles. The van der Waals surface area contributed by atoms with Crippen molar-refractivity contribution >= 4 is 5.97 Å². The fourth-order valence-corrected chi connectivity index (χ4v) is 0.780. The fourth-order valence-electron chi connectivity index (χ4n) is 0.780. The molecule has 0 aliphatic heterocycles. The SMILES string of the molecule is CCCCCC(=O)O.c1cncnc1. The van der Waals surface area contributed by atoms with Gasteiger partial charge in [-0.05, 0) is 12.5 Å². The molecule has 0 atom stereocenters. The van der Waals surface area contributed by atoms with E-state index >= 15 is 0 Å². The van der Waals surface area contributed by atoms with Gasteiger partial charge in [0.05, 0.1) is 0 Å². The minimum atomic E-state index is -0.682. The molecule has 0 unspecified atom stereocenters. The van der Waals surface area contributed by atoms with Crippen LogP contribution in [-0.4, -0.2) is 21.0 Å². The Labute approximate surface area is 84.0 Å². The van der Waals surface area contributed by atoms with E-state index in [4.69, 9.17) is 5.11 Å². The van der Waals surface area contributed by atoms with E-state index in [2.05, 4.69) is 16.9 Å². The van der Waals surface area contributed by atoms with Crippen LogP contribution in [0.2, 0.25) is 0 Å². The van der Waals surface area contributed by atoms with Crippen molar-refractivity contribution in [1.29, 1.82) is 0 Å². The van der Waals surface area contributed by atoms with Crippen LogP contribution in [-0.2, 0) is 4.79 Å². The Hall–Kier alpha value is -1.45. The summed E-state index contributed by atoms with van der Waals surface area (Å²) in [5.41, 5.74) is 0. The lowest BCUT2D eigenvalue weighted by molar-refractivity contribution is -0.137. The van der Waals surface area contributed by atoms with E-state index in [1.54, 1.807) is 18.5 Å². The van der Waals surface area contributed by atoms with Gasteiger partial charge in [-0.1, -0.05) is 19.8 Å². The summed E-state index contributed by atoms with van der Waals surface area (Å²) in [6.45, 7) is 2.06. The third-order valence-electron chi connectivity index (χ3n) is 1.47. The first-order valence-electron chi connectivity index (χ1n) is 4.69. The Bertz CT molecular complexity index is 200. The van der Waals surface area contributed by atoms with E-state index in [0.717, 1.165) is 19.3 Å². The molecule has 78 valence electrons. The molecule has 0 saturated carbocycles. The molecule has 0 radical (unpaired) electrons. The largest absolute Gasteiger partial charge is 0.481 e. The third-order valence-corrected chi connectivity index (χ3v) is 1.47. The van der Waals surface area contributed by atoms with E-state index in [9.17, 15) is 4.79 Å². The summed E-state index contributed by atoms with van der Waals surface area (Å²) in [6, 6.07) is 1.78. The lowest BCUT2D eigenvalue weighted by Crippen LogP contribution is -1.92. The zero-order valence-electron chi connectivity index (χ0n) is 8.39. The van der Waals surface area contributed by atoms with Crippen LogP contribution in [0, 0.1) is 0 Å². The molecule has 0 fully saturated rings. The smallest absolute Gasteiger partial charge is 0.303 e. The lowest BCUT2D eigenvalue weighted by Gasteiger charge is -1.89. The van der Waals surface area contributed by atoms with Gasteiger partial charge in [0.1, 0.15) is 6.33 Å². The quantitative estimate of drug-likeness (QED) is 0.749. The third kappa shape index (κ3) is 10.6. The van der Waals surface area contributed by atoms with Crippen molar-refractivity contribution in [2.45, 2.75) is 32.6 Å². The molecule has 1 aromatic rings. The standard InChI is InChI=1S/C6H12O2.C4H4N2/c1-2-3-4-5-6(7)8;1-2-5-4-6-3-1/h2-5H2,1H3,(H,7,8);1-4H. The van der Waals surface area contributed by atoms with Crippen LogP contribution in [0.4, 0.5) is 0 Å². The van der Waals surface area contributed by atoms with Crippen molar-refractivity contribution in [2.75, 3.05) is 0 Å². The van der Waals surface area contributed by atoms with Crippen molar-refractivity contribution in [2.24, 2.45) is 0 Å².